The first-order valence-corrected chi connectivity index (χ1v) is 8.78. The third kappa shape index (κ3) is 3.40. The largest absolute Gasteiger partial charge is 0.467 e. The van der Waals surface area contributed by atoms with Crippen molar-refractivity contribution in [1.29, 1.82) is 0 Å². The maximum atomic E-state index is 5.56. The lowest BCUT2D eigenvalue weighted by molar-refractivity contribution is 0.201. The summed E-state index contributed by atoms with van der Waals surface area (Å²) in [7, 11) is 0. The molecule has 1 fully saturated rings. The molecule has 0 saturated heterocycles. The van der Waals surface area contributed by atoms with Crippen molar-refractivity contribution in [3.8, 4) is 0 Å². The molecule has 0 atom stereocenters. The van der Waals surface area contributed by atoms with Crippen LogP contribution in [0.15, 0.2) is 27.8 Å². The first-order valence-electron chi connectivity index (χ1n) is 7.79. The molecule has 0 bridgehead atoms. The predicted molar refractivity (Wildman–Crippen MR) is 85.0 cm³/mol. The highest BCUT2D eigenvalue weighted by Gasteiger charge is 2.28. The highest BCUT2D eigenvalue weighted by molar-refractivity contribution is 8.13. The molecular formula is C16H24N2OS. The minimum absolute atomic E-state index is 0.639. The van der Waals surface area contributed by atoms with Crippen LogP contribution >= 0.6 is 11.8 Å². The van der Waals surface area contributed by atoms with Crippen LogP contribution in [0.2, 0.25) is 0 Å². The number of rotatable bonds is 3. The summed E-state index contributed by atoms with van der Waals surface area (Å²) in [6.45, 7) is 4.23. The molecule has 0 N–H and O–H groups in total. The van der Waals surface area contributed by atoms with E-state index in [0.29, 0.717) is 6.04 Å². The smallest absolute Gasteiger partial charge is 0.159 e. The Morgan fingerprint density at radius 1 is 1.35 bits per heavy atom. The third-order valence-corrected chi connectivity index (χ3v) is 5.47. The molecule has 1 aliphatic heterocycles. The molecule has 3 rings (SSSR count). The van der Waals surface area contributed by atoms with Gasteiger partial charge < -0.3 is 9.32 Å². The van der Waals surface area contributed by atoms with Crippen LogP contribution in [0.25, 0.3) is 0 Å². The van der Waals surface area contributed by atoms with Crippen LogP contribution in [0.3, 0.4) is 0 Å². The first kappa shape index (κ1) is 14.1. The van der Waals surface area contributed by atoms with Crippen LogP contribution in [0.5, 0.6) is 0 Å². The van der Waals surface area contributed by atoms with Crippen LogP contribution in [0, 0.1) is 5.92 Å². The van der Waals surface area contributed by atoms with E-state index in [4.69, 9.17) is 9.41 Å². The van der Waals surface area contributed by atoms with E-state index in [1.807, 2.05) is 17.8 Å². The fourth-order valence-electron chi connectivity index (χ4n) is 3.10. The molecule has 0 spiro atoms. The summed E-state index contributed by atoms with van der Waals surface area (Å²) in [5, 5.41) is 1.24. The zero-order valence-electron chi connectivity index (χ0n) is 12.3. The van der Waals surface area contributed by atoms with Crippen molar-refractivity contribution >= 4 is 16.9 Å². The van der Waals surface area contributed by atoms with Crippen LogP contribution in [0.4, 0.5) is 0 Å². The van der Waals surface area contributed by atoms with Gasteiger partial charge in [-0.2, -0.15) is 0 Å². The Kier molecular flexibility index (Phi) is 4.71. The summed E-state index contributed by atoms with van der Waals surface area (Å²) in [4.78, 5) is 7.28. The normalized spacial score (nSPS) is 27.1. The Morgan fingerprint density at radius 3 is 2.85 bits per heavy atom. The number of aliphatic imine (C=N–C) groups is 1. The SMILES string of the molecule is CC1CCC(N(Cc2ccco2)C2=NCCCS2)CC1. The van der Waals surface area contributed by atoms with Gasteiger partial charge >= 0.3 is 0 Å². The molecule has 2 heterocycles. The molecule has 1 aliphatic carbocycles. The number of hydrogen-bond donors (Lipinski definition) is 0. The molecule has 1 aromatic rings. The van der Waals surface area contributed by atoms with E-state index >= 15 is 0 Å². The van der Waals surface area contributed by atoms with Crippen molar-refractivity contribution in [2.24, 2.45) is 10.9 Å². The standard InChI is InChI=1S/C16H24N2OS/c1-13-5-7-14(8-6-13)18(12-15-4-2-10-19-15)16-17-9-3-11-20-16/h2,4,10,13-14H,3,5-9,11-12H2,1H3. The molecule has 1 saturated carbocycles. The zero-order valence-corrected chi connectivity index (χ0v) is 13.1. The van der Waals surface area contributed by atoms with Crippen molar-refractivity contribution < 1.29 is 4.42 Å². The summed E-state index contributed by atoms with van der Waals surface area (Å²) in [6, 6.07) is 4.69. The van der Waals surface area contributed by atoms with Gasteiger partial charge in [-0.15, -0.1) is 0 Å². The second kappa shape index (κ2) is 6.70. The Bertz CT molecular complexity index is 435. The average molecular weight is 292 g/mol. The molecule has 4 heteroatoms. The second-order valence-corrected chi connectivity index (χ2v) is 7.05. The summed E-state index contributed by atoms with van der Waals surface area (Å²) in [5.41, 5.74) is 0. The van der Waals surface area contributed by atoms with Gasteiger partial charge in [0.1, 0.15) is 5.76 Å². The van der Waals surface area contributed by atoms with E-state index in [0.717, 1.165) is 24.8 Å². The van der Waals surface area contributed by atoms with Crippen LogP contribution in [-0.4, -0.2) is 28.4 Å². The van der Waals surface area contributed by atoms with Gasteiger partial charge in [0.05, 0.1) is 12.8 Å². The van der Waals surface area contributed by atoms with Crippen LogP contribution in [-0.2, 0) is 6.54 Å². The number of hydrogen-bond acceptors (Lipinski definition) is 4. The van der Waals surface area contributed by atoms with E-state index in [-0.39, 0.29) is 0 Å². The van der Waals surface area contributed by atoms with Gasteiger partial charge in [-0.05, 0) is 50.2 Å². The van der Waals surface area contributed by atoms with Crippen molar-refractivity contribution in [2.75, 3.05) is 12.3 Å². The number of nitrogens with zero attached hydrogens (tertiary/aromatic N) is 2. The monoisotopic (exact) mass is 292 g/mol. The second-order valence-electron chi connectivity index (χ2n) is 5.99. The minimum Gasteiger partial charge on any atom is -0.467 e. The molecule has 0 amide bonds. The van der Waals surface area contributed by atoms with E-state index < -0.39 is 0 Å². The molecule has 0 aromatic carbocycles. The first-order chi connectivity index (χ1) is 9.83. The predicted octanol–water partition coefficient (Wildman–Crippen LogP) is 4.15. The van der Waals surface area contributed by atoms with E-state index in [1.165, 1.54) is 43.0 Å². The molecule has 1 aromatic heterocycles. The molecule has 2 aliphatic rings. The lowest BCUT2D eigenvalue weighted by Crippen LogP contribution is -2.41. The quantitative estimate of drug-likeness (QED) is 0.838. The van der Waals surface area contributed by atoms with Crippen molar-refractivity contribution in [3.63, 3.8) is 0 Å². The maximum Gasteiger partial charge on any atom is 0.159 e. The Labute approximate surface area is 125 Å². The van der Waals surface area contributed by atoms with Gasteiger partial charge in [0.25, 0.3) is 0 Å². The van der Waals surface area contributed by atoms with Gasteiger partial charge in [-0.1, -0.05) is 18.7 Å². The van der Waals surface area contributed by atoms with Gasteiger partial charge in [0.2, 0.25) is 0 Å². The summed E-state index contributed by atoms with van der Waals surface area (Å²) < 4.78 is 5.56. The number of amidine groups is 1. The topological polar surface area (TPSA) is 28.7 Å². The highest BCUT2D eigenvalue weighted by atomic mass is 32.2. The molecule has 0 radical (unpaired) electrons. The molecule has 3 nitrogen and oxygen atoms in total. The summed E-state index contributed by atoms with van der Waals surface area (Å²) in [6.07, 6.45) is 8.26. The van der Waals surface area contributed by atoms with E-state index in [2.05, 4.69) is 17.9 Å². The summed E-state index contributed by atoms with van der Waals surface area (Å²) in [5.74, 6) is 3.14. The average Bonchev–Trinajstić information content (AvgIpc) is 3.00. The maximum absolute atomic E-state index is 5.56. The molecule has 0 unspecified atom stereocenters. The highest BCUT2D eigenvalue weighted by Crippen LogP contribution is 2.31. The Balaban J connectivity index is 1.73. The lowest BCUT2D eigenvalue weighted by atomic mass is 9.86. The van der Waals surface area contributed by atoms with Gasteiger partial charge in [-0.3, -0.25) is 4.99 Å². The van der Waals surface area contributed by atoms with Crippen molar-refractivity contribution in [3.05, 3.63) is 24.2 Å². The third-order valence-electron chi connectivity index (χ3n) is 4.36. The summed E-state index contributed by atoms with van der Waals surface area (Å²) >= 11 is 1.92. The molecule has 110 valence electrons. The fraction of sp³-hybridized carbons (Fsp3) is 0.688. The fourth-order valence-corrected chi connectivity index (χ4v) is 4.12. The minimum atomic E-state index is 0.639. The number of furan rings is 1. The molecule has 20 heavy (non-hydrogen) atoms. The van der Waals surface area contributed by atoms with Gasteiger partial charge in [0.15, 0.2) is 5.17 Å². The number of thioether (sulfide) groups is 1. The zero-order chi connectivity index (χ0) is 13.8. The van der Waals surface area contributed by atoms with Gasteiger partial charge in [0, 0.05) is 18.3 Å². The van der Waals surface area contributed by atoms with Crippen LogP contribution in [0.1, 0.15) is 44.8 Å². The Hall–Kier alpha value is -0.900. The Morgan fingerprint density at radius 2 is 2.20 bits per heavy atom. The van der Waals surface area contributed by atoms with E-state index in [9.17, 15) is 0 Å². The lowest BCUT2D eigenvalue weighted by Gasteiger charge is -2.38. The van der Waals surface area contributed by atoms with Crippen molar-refractivity contribution in [2.45, 2.75) is 51.6 Å². The van der Waals surface area contributed by atoms with Crippen molar-refractivity contribution in [1.82, 2.24) is 4.90 Å². The van der Waals surface area contributed by atoms with Gasteiger partial charge in [-0.25, -0.2) is 0 Å². The van der Waals surface area contributed by atoms with E-state index in [1.54, 1.807) is 6.26 Å². The van der Waals surface area contributed by atoms with Crippen LogP contribution < -0.4 is 0 Å². The molecular weight excluding hydrogens is 268 g/mol.